The summed E-state index contributed by atoms with van der Waals surface area (Å²) in [5, 5.41) is 3.88. The minimum atomic E-state index is -0.597. The van der Waals surface area contributed by atoms with Crippen molar-refractivity contribution in [2.75, 3.05) is 6.61 Å². The quantitative estimate of drug-likeness (QED) is 0.295. The monoisotopic (exact) mass is 378 g/mol. The zero-order valence-corrected chi connectivity index (χ0v) is 15.1. The van der Waals surface area contributed by atoms with Gasteiger partial charge in [-0.15, -0.1) is 0 Å². The zero-order chi connectivity index (χ0) is 19.8. The molecule has 1 N–H and O–H groups in total. The van der Waals surface area contributed by atoms with Gasteiger partial charge >= 0.3 is 5.97 Å². The first-order valence-electron chi connectivity index (χ1n) is 8.47. The van der Waals surface area contributed by atoms with Gasteiger partial charge in [-0.1, -0.05) is 24.3 Å². The summed E-state index contributed by atoms with van der Waals surface area (Å²) in [6.45, 7) is 1.79. The average molecular weight is 378 g/mol. The molecular weight excluding hydrogens is 360 g/mol. The van der Waals surface area contributed by atoms with Crippen LogP contribution in [0, 0.1) is 6.92 Å². The van der Waals surface area contributed by atoms with Crippen LogP contribution in [0.25, 0.3) is 0 Å². The van der Waals surface area contributed by atoms with Crippen LogP contribution >= 0.6 is 0 Å². The van der Waals surface area contributed by atoms with E-state index in [9.17, 15) is 9.59 Å². The third kappa shape index (κ3) is 5.57. The first-order chi connectivity index (χ1) is 13.6. The molecule has 0 atom stereocenters. The predicted molar refractivity (Wildman–Crippen MR) is 103 cm³/mol. The molecule has 0 saturated heterocycles. The summed E-state index contributed by atoms with van der Waals surface area (Å²) in [4.78, 5) is 23.7. The highest BCUT2D eigenvalue weighted by atomic mass is 16.5. The van der Waals surface area contributed by atoms with Gasteiger partial charge in [0.05, 0.1) is 12.5 Å². The molecule has 2 aromatic carbocycles. The Bertz CT molecular complexity index is 980. The van der Waals surface area contributed by atoms with Crippen LogP contribution in [-0.2, 0) is 4.79 Å². The van der Waals surface area contributed by atoms with E-state index >= 15 is 0 Å². The van der Waals surface area contributed by atoms with E-state index in [-0.39, 0.29) is 12.4 Å². The van der Waals surface area contributed by atoms with E-state index in [1.54, 1.807) is 36.4 Å². The summed E-state index contributed by atoms with van der Waals surface area (Å²) in [5.41, 5.74) is 4.07. The summed E-state index contributed by atoms with van der Waals surface area (Å²) < 4.78 is 15.6. The molecule has 7 nitrogen and oxygen atoms in total. The van der Waals surface area contributed by atoms with Crippen molar-refractivity contribution in [2.24, 2.45) is 5.10 Å². The topological polar surface area (TPSA) is 90.1 Å². The zero-order valence-electron chi connectivity index (χ0n) is 15.1. The highest BCUT2D eigenvalue weighted by molar-refractivity contribution is 5.88. The largest absolute Gasteiger partial charge is 0.484 e. The first kappa shape index (κ1) is 18.9. The molecule has 3 rings (SSSR count). The highest BCUT2D eigenvalue weighted by Crippen LogP contribution is 2.15. The van der Waals surface area contributed by atoms with E-state index in [1.165, 1.54) is 18.5 Å². The normalized spacial score (nSPS) is 10.6. The van der Waals surface area contributed by atoms with Crippen molar-refractivity contribution < 1.29 is 23.5 Å². The van der Waals surface area contributed by atoms with Crippen molar-refractivity contribution in [1.29, 1.82) is 0 Å². The summed E-state index contributed by atoms with van der Waals surface area (Å²) in [7, 11) is 0. The number of amides is 1. The maximum atomic E-state index is 11.9. The lowest BCUT2D eigenvalue weighted by molar-refractivity contribution is -0.123. The van der Waals surface area contributed by atoms with Crippen molar-refractivity contribution in [3.63, 3.8) is 0 Å². The van der Waals surface area contributed by atoms with Gasteiger partial charge in [-0.05, 0) is 54.4 Å². The van der Waals surface area contributed by atoms with E-state index in [0.717, 1.165) is 5.56 Å². The Morgan fingerprint density at radius 2 is 1.89 bits per heavy atom. The molecule has 0 unspecified atom stereocenters. The second-order valence-electron chi connectivity index (χ2n) is 5.84. The molecular formula is C21H18N2O5. The third-order valence-electron chi connectivity index (χ3n) is 3.55. The van der Waals surface area contributed by atoms with Crippen LogP contribution in [0.5, 0.6) is 11.5 Å². The Balaban J connectivity index is 1.50. The molecule has 1 aromatic heterocycles. The van der Waals surface area contributed by atoms with E-state index in [0.29, 0.717) is 17.1 Å². The van der Waals surface area contributed by atoms with Crippen molar-refractivity contribution in [2.45, 2.75) is 6.92 Å². The number of hydrazone groups is 1. The molecule has 0 aliphatic heterocycles. The summed E-state index contributed by atoms with van der Waals surface area (Å²) in [5.74, 6) is 0.0726. The summed E-state index contributed by atoms with van der Waals surface area (Å²) in [6, 6.07) is 17.2. The minimum Gasteiger partial charge on any atom is -0.484 e. The van der Waals surface area contributed by atoms with Gasteiger partial charge in [0.1, 0.15) is 11.5 Å². The maximum absolute atomic E-state index is 11.9. The van der Waals surface area contributed by atoms with Crippen LogP contribution in [0.3, 0.4) is 0 Å². The summed E-state index contributed by atoms with van der Waals surface area (Å²) >= 11 is 0. The molecule has 3 aromatic rings. The predicted octanol–water partition coefficient (Wildman–Crippen LogP) is 3.34. The molecule has 0 fully saturated rings. The Labute approximate surface area is 161 Å². The standard InChI is InChI=1S/C21H18N2O5/c1-15-5-2-7-17(11-15)27-14-20(24)23-22-13-16-6-3-8-18(12-16)28-21(25)19-9-4-10-26-19/h2-13H,14H2,1H3,(H,23,24)/b22-13+. The Morgan fingerprint density at radius 3 is 2.68 bits per heavy atom. The molecule has 0 bridgehead atoms. The van der Waals surface area contributed by atoms with Crippen LogP contribution in [0.1, 0.15) is 21.7 Å². The van der Waals surface area contributed by atoms with E-state index in [1.807, 2.05) is 25.1 Å². The Kier molecular flexibility index (Phi) is 6.20. The SMILES string of the molecule is Cc1cccc(OCC(=O)N/N=C/c2cccc(OC(=O)c3ccco3)c2)c1. The smallest absolute Gasteiger partial charge is 0.379 e. The number of rotatable bonds is 7. The number of aryl methyl sites for hydroxylation is 1. The van der Waals surface area contributed by atoms with Gasteiger partial charge in [-0.2, -0.15) is 5.10 Å². The molecule has 0 aliphatic rings. The van der Waals surface area contributed by atoms with Crippen LogP contribution in [0.4, 0.5) is 0 Å². The van der Waals surface area contributed by atoms with E-state index in [4.69, 9.17) is 13.9 Å². The number of hydrogen-bond donors (Lipinski definition) is 1. The van der Waals surface area contributed by atoms with Gasteiger partial charge in [-0.3, -0.25) is 4.79 Å². The molecule has 7 heteroatoms. The van der Waals surface area contributed by atoms with Gasteiger partial charge in [0.15, 0.2) is 6.61 Å². The van der Waals surface area contributed by atoms with Gasteiger partial charge in [0.25, 0.3) is 5.91 Å². The first-order valence-corrected chi connectivity index (χ1v) is 8.47. The lowest BCUT2D eigenvalue weighted by Gasteiger charge is -2.05. The molecule has 0 aliphatic carbocycles. The molecule has 0 saturated carbocycles. The van der Waals surface area contributed by atoms with Gasteiger partial charge in [-0.25, -0.2) is 10.2 Å². The van der Waals surface area contributed by atoms with Crippen molar-refractivity contribution in [3.05, 3.63) is 83.8 Å². The number of nitrogens with zero attached hydrogens (tertiary/aromatic N) is 1. The Morgan fingerprint density at radius 1 is 1.07 bits per heavy atom. The fourth-order valence-electron chi connectivity index (χ4n) is 2.28. The minimum absolute atomic E-state index is 0.111. The number of benzene rings is 2. The van der Waals surface area contributed by atoms with Crippen LogP contribution in [-0.4, -0.2) is 24.7 Å². The fourth-order valence-corrected chi connectivity index (χ4v) is 2.28. The number of furan rings is 1. The van der Waals surface area contributed by atoms with Gasteiger partial charge in [0.2, 0.25) is 5.76 Å². The molecule has 0 radical (unpaired) electrons. The third-order valence-corrected chi connectivity index (χ3v) is 3.55. The van der Waals surface area contributed by atoms with E-state index in [2.05, 4.69) is 10.5 Å². The van der Waals surface area contributed by atoms with Crippen molar-refractivity contribution >= 4 is 18.1 Å². The van der Waals surface area contributed by atoms with Crippen LogP contribution < -0.4 is 14.9 Å². The number of esters is 1. The highest BCUT2D eigenvalue weighted by Gasteiger charge is 2.11. The van der Waals surface area contributed by atoms with Crippen molar-refractivity contribution in [1.82, 2.24) is 5.43 Å². The lowest BCUT2D eigenvalue weighted by Crippen LogP contribution is -2.24. The van der Waals surface area contributed by atoms with Crippen LogP contribution in [0.15, 0.2) is 76.4 Å². The second kappa shape index (κ2) is 9.18. The number of hydrogen-bond acceptors (Lipinski definition) is 6. The summed E-state index contributed by atoms with van der Waals surface area (Å²) in [6.07, 6.45) is 2.83. The average Bonchev–Trinajstić information content (AvgIpc) is 3.22. The maximum Gasteiger partial charge on any atom is 0.379 e. The fraction of sp³-hybridized carbons (Fsp3) is 0.0952. The lowest BCUT2D eigenvalue weighted by atomic mass is 10.2. The Hall–Kier alpha value is -3.87. The number of carbonyl (C=O) groups excluding carboxylic acids is 2. The molecule has 1 amide bonds. The number of ether oxygens (including phenoxy) is 2. The molecule has 0 spiro atoms. The molecule has 28 heavy (non-hydrogen) atoms. The number of nitrogens with one attached hydrogen (secondary N) is 1. The van der Waals surface area contributed by atoms with E-state index < -0.39 is 11.9 Å². The van der Waals surface area contributed by atoms with Gasteiger partial charge in [0, 0.05) is 0 Å². The number of carbonyl (C=O) groups is 2. The van der Waals surface area contributed by atoms with Crippen molar-refractivity contribution in [3.8, 4) is 11.5 Å². The van der Waals surface area contributed by atoms with Crippen LogP contribution in [0.2, 0.25) is 0 Å². The molecule has 1 heterocycles. The van der Waals surface area contributed by atoms with Gasteiger partial charge < -0.3 is 13.9 Å². The second-order valence-corrected chi connectivity index (χ2v) is 5.84. The molecule has 142 valence electrons.